The van der Waals surface area contributed by atoms with Crippen LogP contribution in [-0.4, -0.2) is 16.6 Å². The quantitative estimate of drug-likeness (QED) is 0.718. The fourth-order valence-electron chi connectivity index (χ4n) is 1.16. The summed E-state index contributed by atoms with van der Waals surface area (Å²) in [5, 5.41) is 10.5. The number of hydrogen-bond acceptors (Lipinski definition) is 2. The van der Waals surface area contributed by atoms with Gasteiger partial charge >= 0.3 is 0 Å². The van der Waals surface area contributed by atoms with E-state index in [0.717, 1.165) is 10.9 Å². The molecule has 1 aromatic heterocycles. The fourth-order valence-corrected chi connectivity index (χ4v) is 1.43. The zero-order chi connectivity index (χ0) is 9.26. The summed E-state index contributed by atoms with van der Waals surface area (Å²) in [6, 6.07) is 3.44. The van der Waals surface area contributed by atoms with Crippen LogP contribution in [0.4, 0.5) is 5.69 Å². The van der Waals surface area contributed by atoms with Crippen LogP contribution < -0.4 is 5.32 Å². The molecule has 13 heavy (non-hydrogen) atoms. The van der Waals surface area contributed by atoms with Gasteiger partial charge in [0.1, 0.15) is 0 Å². The zero-order valence-electron chi connectivity index (χ0n) is 6.54. The van der Waals surface area contributed by atoms with Gasteiger partial charge in [0.05, 0.1) is 16.7 Å². The van der Waals surface area contributed by atoms with Crippen molar-refractivity contribution in [2.24, 2.45) is 0 Å². The van der Waals surface area contributed by atoms with E-state index in [4.69, 9.17) is 11.6 Å². The first kappa shape index (κ1) is 8.07. The van der Waals surface area contributed by atoms with E-state index in [-0.39, 0.29) is 0 Å². The van der Waals surface area contributed by atoms with E-state index < -0.39 is 0 Å². The van der Waals surface area contributed by atoms with Crippen LogP contribution in [0.25, 0.3) is 10.9 Å². The van der Waals surface area contributed by atoms with Crippen molar-refractivity contribution in [3.8, 4) is 0 Å². The second kappa shape index (κ2) is 3.06. The number of amides is 1. The lowest BCUT2D eigenvalue weighted by Crippen LogP contribution is -1.93. The maximum Gasteiger partial charge on any atom is 0.211 e. The maximum absolute atomic E-state index is 10.2. The highest BCUT2D eigenvalue weighted by Gasteiger charge is 2.02. The van der Waals surface area contributed by atoms with Gasteiger partial charge in [-0.15, -0.1) is 0 Å². The topological polar surface area (TPSA) is 57.8 Å². The molecule has 0 saturated heterocycles. The molecule has 66 valence electrons. The fraction of sp³-hybridized carbons (Fsp3) is 0. The number of aromatic nitrogens is 2. The predicted molar refractivity (Wildman–Crippen MR) is 50.8 cm³/mol. The zero-order valence-corrected chi connectivity index (χ0v) is 7.30. The van der Waals surface area contributed by atoms with Gasteiger partial charge in [-0.1, -0.05) is 11.6 Å². The van der Waals surface area contributed by atoms with Gasteiger partial charge in [0.15, 0.2) is 0 Å². The van der Waals surface area contributed by atoms with Crippen molar-refractivity contribution in [3.05, 3.63) is 23.4 Å². The van der Waals surface area contributed by atoms with Gasteiger partial charge in [-0.2, -0.15) is 5.10 Å². The molecule has 0 aliphatic heterocycles. The van der Waals surface area contributed by atoms with Crippen molar-refractivity contribution >= 4 is 34.6 Å². The van der Waals surface area contributed by atoms with Gasteiger partial charge in [0.25, 0.3) is 0 Å². The molecule has 0 fully saturated rings. The summed E-state index contributed by atoms with van der Waals surface area (Å²) in [7, 11) is 0. The monoisotopic (exact) mass is 195 g/mol. The molecule has 0 atom stereocenters. The van der Waals surface area contributed by atoms with Crippen molar-refractivity contribution in [3.63, 3.8) is 0 Å². The Labute approximate surface area is 78.9 Å². The molecule has 4 nitrogen and oxygen atoms in total. The van der Waals surface area contributed by atoms with Crippen molar-refractivity contribution in [2.45, 2.75) is 0 Å². The van der Waals surface area contributed by atoms with Crippen LogP contribution >= 0.6 is 11.6 Å². The predicted octanol–water partition coefficient (Wildman–Crippen LogP) is 1.78. The van der Waals surface area contributed by atoms with Gasteiger partial charge in [-0.25, -0.2) is 0 Å². The Morgan fingerprint density at radius 1 is 1.54 bits per heavy atom. The lowest BCUT2D eigenvalue weighted by Gasteiger charge is -1.99. The molecule has 0 radical (unpaired) electrons. The first-order valence-electron chi connectivity index (χ1n) is 3.64. The molecule has 0 spiro atoms. The highest BCUT2D eigenvalue weighted by Crippen LogP contribution is 2.25. The molecule has 0 unspecified atom stereocenters. The first-order chi connectivity index (χ1) is 6.31. The molecule has 1 amide bonds. The molecule has 0 aliphatic carbocycles. The van der Waals surface area contributed by atoms with Crippen LogP contribution in [0.3, 0.4) is 0 Å². The molecular weight excluding hydrogens is 190 g/mol. The third-order valence-corrected chi connectivity index (χ3v) is 2.05. The van der Waals surface area contributed by atoms with Crippen molar-refractivity contribution < 1.29 is 4.79 Å². The highest BCUT2D eigenvalue weighted by molar-refractivity contribution is 6.35. The number of fused-ring (bicyclic) bond motifs is 1. The molecule has 2 N–H and O–H groups in total. The molecule has 5 heteroatoms. The number of halogens is 1. The van der Waals surface area contributed by atoms with Crippen molar-refractivity contribution in [1.82, 2.24) is 10.2 Å². The number of nitrogens with one attached hydrogen (secondary N) is 2. The van der Waals surface area contributed by atoms with E-state index >= 15 is 0 Å². The molecule has 1 heterocycles. The van der Waals surface area contributed by atoms with Gasteiger partial charge < -0.3 is 5.32 Å². The van der Waals surface area contributed by atoms with E-state index in [1.165, 1.54) is 0 Å². The van der Waals surface area contributed by atoms with E-state index in [1.807, 2.05) is 0 Å². The summed E-state index contributed by atoms with van der Waals surface area (Å²) in [5.41, 5.74) is 1.45. The van der Waals surface area contributed by atoms with Gasteiger partial charge in [-0.05, 0) is 12.1 Å². The van der Waals surface area contributed by atoms with Crippen LogP contribution in [0.2, 0.25) is 5.02 Å². The van der Waals surface area contributed by atoms with Crippen LogP contribution in [0.1, 0.15) is 0 Å². The third-order valence-electron chi connectivity index (χ3n) is 1.73. The van der Waals surface area contributed by atoms with Gasteiger partial charge in [0.2, 0.25) is 6.41 Å². The molecule has 2 aromatic rings. The average Bonchev–Trinajstić information content (AvgIpc) is 2.53. The number of aromatic amines is 1. The Kier molecular flexibility index (Phi) is 1.90. The summed E-state index contributed by atoms with van der Waals surface area (Å²) in [5.74, 6) is 0. The number of anilines is 1. The summed E-state index contributed by atoms with van der Waals surface area (Å²) in [6.45, 7) is 0. The molecule has 2 rings (SSSR count). The minimum absolute atomic E-state index is 0.565. The number of carbonyl (C=O) groups excluding carboxylic acids is 1. The van der Waals surface area contributed by atoms with E-state index in [2.05, 4.69) is 15.5 Å². The lowest BCUT2D eigenvalue weighted by molar-refractivity contribution is -0.105. The molecule has 1 aromatic carbocycles. The van der Waals surface area contributed by atoms with Crippen LogP contribution in [0, 0.1) is 0 Å². The van der Waals surface area contributed by atoms with E-state index in [0.29, 0.717) is 17.1 Å². The molecule has 0 aliphatic rings. The maximum atomic E-state index is 10.2. The second-order valence-corrected chi connectivity index (χ2v) is 2.96. The number of carbonyl (C=O) groups is 1. The van der Waals surface area contributed by atoms with Crippen LogP contribution in [0.5, 0.6) is 0 Å². The molecule has 0 bridgehead atoms. The SMILES string of the molecule is O=CNc1cc(Cl)c2cn[nH]c2c1. The van der Waals surface area contributed by atoms with Crippen molar-refractivity contribution in [1.29, 1.82) is 0 Å². The summed E-state index contributed by atoms with van der Waals surface area (Å²) < 4.78 is 0. The average molecular weight is 196 g/mol. The van der Waals surface area contributed by atoms with E-state index in [1.54, 1.807) is 18.3 Å². The summed E-state index contributed by atoms with van der Waals surface area (Å²) in [6.07, 6.45) is 2.25. The summed E-state index contributed by atoms with van der Waals surface area (Å²) >= 11 is 5.92. The van der Waals surface area contributed by atoms with Gasteiger partial charge in [0, 0.05) is 11.1 Å². The minimum Gasteiger partial charge on any atom is -0.329 e. The molecular formula is C8H6ClN3O. The van der Waals surface area contributed by atoms with Crippen molar-refractivity contribution in [2.75, 3.05) is 5.32 Å². The Morgan fingerprint density at radius 2 is 2.38 bits per heavy atom. The lowest BCUT2D eigenvalue weighted by atomic mass is 10.2. The smallest absolute Gasteiger partial charge is 0.211 e. The number of nitrogens with zero attached hydrogens (tertiary/aromatic N) is 1. The molecule has 0 saturated carbocycles. The van der Waals surface area contributed by atoms with Crippen LogP contribution in [-0.2, 0) is 4.79 Å². The second-order valence-electron chi connectivity index (χ2n) is 2.55. The highest BCUT2D eigenvalue weighted by atomic mass is 35.5. The Morgan fingerprint density at radius 3 is 3.15 bits per heavy atom. The van der Waals surface area contributed by atoms with E-state index in [9.17, 15) is 4.79 Å². The number of H-pyrrole nitrogens is 1. The Bertz CT molecular complexity index is 452. The van der Waals surface area contributed by atoms with Gasteiger partial charge in [-0.3, -0.25) is 9.89 Å². The third kappa shape index (κ3) is 1.36. The number of hydrogen-bond donors (Lipinski definition) is 2. The number of rotatable bonds is 2. The van der Waals surface area contributed by atoms with Crippen LogP contribution in [0.15, 0.2) is 18.3 Å². The largest absolute Gasteiger partial charge is 0.329 e. The standard InChI is InChI=1S/C8H6ClN3O/c9-7-1-5(10-4-13)2-8-6(7)3-11-12-8/h1-4H,(H,10,13)(H,11,12). The first-order valence-corrected chi connectivity index (χ1v) is 4.02. The summed E-state index contributed by atoms with van der Waals surface area (Å²) in [4.78, 5) is 10.2. The Hall–Kier alpha value is -1.55. The number of benzene rings is 1. The minimum atomic E-state index is 0.565. The normalized spacial score (nSPS) is 10.2. The Balaban J connectivity index is 2.62.